The number of benzene rings is 1. The number of carbonyl (C=O) groups is 1. The molecule has 1 amide bonds. The molecule has 1 unspecified atom stereocenters. The molecule has 0 saturated carbocycles. The summed E-state index contributed by atoms with van der Waals surface area (Å²) in [6.45, 7) is 3.89. The fraction of sp³-hybridized carbons (Fsp3) is 0.357. The molecule has 100 valence electrons. The molecule has 3 N–H and O–H groups in total. The van der Waals surface area contributed by atoms with Crippen molar-refractivity contribution < 1.29 is 9.53 Å². The molecule has 0 radical (unpaired) electrons. The fourth-order valence-corrected chi connectivity index (χ4v) is 2.38. The number of amides is 1. The van der Waals surface area contributed by atoms with Crippen LogP contribution in [0.25, 0.3) is 10.9 Å². The Hall–Kier alpha value is -1.85. The molecule has 3 rings (SSSR count). The molecule has 0 aliphatic carbocycles. The lowest BCUT2D eigenvalue weighted by atomic mass is 10.2. The van der Waals surface area contributed by atoms with Gasteiger partial charge in [-0.05, 0) is 13.0 Å². The molecule has 1 aliphatic rings. The fourth-order valence-electron chi connectivity index (χ4n) is 2.38. The molecule has 5 nitrogen and oxygen atoms in total. The van der Waals surface area contributed by atoms with E-state index in [0.29, 0.717) is 13.2 Å². The molecule has 2 heterocycles. The van der Waals surface area contributed by atoms with Gasteiger partial charge in [0.15, 0.2) is 0 Å². The Kier molecular flexibility index (Phi) is 3.23. The zero-order valence-electron chi connectivity index (χ0n) is 10.8. The van der Waals surface area contributed by atoms with Crippen molar-refractivity contribution in [3.05, 3.63) is 30.0 Å². The van der Waals surface area contributed by atoms with E-state index in [1.807, 2.05) is 31.2 Å². The van der Waals surface area contributed by atoms with Gasteiger partial charge in [0.25, 0.3) is 5.91 Å². The van der Waals surface area contributed by atoms with Crippen molar-refractivity contribution in [2.45, 2.75) is 13.0 Å². The summed E-state index contributed by atoms with van der Waals surface area (Å²) in [5, 5.41) is 7.15. The number of aromatic nitrogens is 1. The number of H-pyrrole nitrogens is 1. The molecule has 1 aromatic carbocycles. The summed E-state index contributed by atoms with van der Waals surface area (Å²) >= 11 is 0. The van der Waals surface area contributed by atoms with E-state index in [1.165, 1.54) is 0 Å². The number of carbonyl (C=O) groups excluding carboxylic acids is 1. The monoisotopic (exact) mass is 259 g/mol. The van der Waals surface area contributed by atoms with Gasteiger partial charge in [-0.2, -0.15) is 0 Å². The minimum Gasteiger partial charge on any atom is -0.366 e. The Balaban J connectivity index is 1.84. The molecule has 1 fully saturated rings. The van der Waals surface area contributed by atoms with E-state index >= 15 is 0 Å². The number of hydrogen-bond donors (Lipinski definition) is 3. The first-order valence-corrected chi connectivity index (χ1v) is 6.46. The van der Waals surface area contributed by atoms with Gasteiger partial charge in [0.1, 0.15) is 6.10 Å². The molecular formula is C14H17N3O2. The largest absolute Gasteiger partial charge is 0.366 e. The molecule has 1 aromatic heterocycles. The Labute approximate surface area is 111 Å². The normalized spacial score (nSPS) is 19.5. The average molecular weight is 259 g/mol. The Bertz CT molecular complexity index is 600. The highest BCUT2D eigenvalue weighted by molar-refractivity contribution is 6.04. The minimum atomic E-state index is -0.415. The standard InChI is InChI=1S/C14H17N3O2/c1-9-13(10-4-2-3-5-11(10)16-9)17-14(18)12-8-15-6-7-19-12/h2-5,12,15-16H,6-8H2,1H3,(H,17,18). The van der Waals surface area contributed by atoms with E-state index in [4.69, 9.17) is 4.74 Å². The van der Waals surface area contributed by atoms with Crippen LogP contribution in [0.5, 0.6) is 0 Å². The molecule has 0 spiro atoms. The van der Waals surface area contributed by atoms with Crippen LogP contribution in [0.1, 0.15) is 5.69 Å². The van der Waals surface area contributed by atoms with Crippen molar-refractivity contribution in [2.24, 2.45) is 0 Å². The minimum absolute atomic E-state index is 0.0972. The summed E-state index contributed by atoms with van der Waals surface area (Å²) in [6.07, 6.45) is -0.415. The summed E-state index contributed by atoms with van der Waals surface area (Å²) in [5.74, 6) is -0.0972. The summed E-state index contributed by atoms with van der Waals surface area (Å²) in [4.78, 5) is 15.4. The van der Waals surface area contributed by atoms with Gasteiger partial charge in [-0.1, -0.05) is 18.2 Å². The van der Waals surface area contributed by atoms with Gasteiger partial charge in [-0.3, -0.25) is 4.79 Å². The predicted octanol–water partition coefficient (Wildman–Crippen LogP) is 1.40. The van der Waals surface area contributed by atoms with Crippen LogP contribution >= 0.6 is 0 Å². The number of para-hydroxylation sites is 1. The first-order chi connectivity index (χ1) is 9.25. The summed E-state index contributed by atoms with van der Waals surface area (Å²) in [5.41, 5.74) is 2.83. The van der Waals surface area contributed by atoms with Crippen LogP contribution in [0.15, 0.2) is 24.3 Å². The number of anilines is 1. The van der Waals surface area contributed by atoms with Gasteiger partial charge in [-0.15, -0.1) is 0 Å². The van der Waals surface area contributed by atoms with Crippen LogP contribution in [0.2, 0.25) is 0 Å². The third kappa shape index (κ3) is 2.34. The Morgan fingerprint density at radius 2 is 2.26 bits per heavy atom. The third-order valence-corrected chi connectivity index (χ3v) is 3.36. The van der Waals surface area contributed by atoms with Crippen LogP contribution in [0, 0.1) is 6.92 Å². The molecule has 2 aromatic rings. The maximum atomic E-state index is 12.2. The number of nitrogens with one attached hydrogen (secondary N) is 3. The summed E-state index contributed by atoms with van der Waals surface area (Å²) < 4.78 is 5.46. The van der Waals surface area contributed by atoms with Crippen molar-refractivity contribution >= 4 is 22.5 Å². The number of ether oxygens (including phenoxy) is 1. The second-order valence-electron chi connectivity index (χ2n) is 4.72. The van der Waals surface area contributed by atoms with Gasteiger partial charge < -0.3 is 20.4 Å². The zero-order valence-corrected chi connectivity index (χ0v) is 10.8. The van der Waals surface area contributed by atoms with Crippen LogP contribution in [0.4, 0.5) is 5.69 Å². The third-order valence-electron chi connectivity index (χ3n) is 3.36. The molecular weight excluding hydrogens is 242 g/mol. The smallest absolute Gasteiger partial charge is 0.254 e. The highest BCUT2D eigenvalue weighted by atomic mass is 16.5. The highest BCUT2D eigenvalue weighted by Gasteiger charge is 2.23. The zero-order chi connectivity index (χ0) is 13.2. The number of rotatable bonds is 2. The number of hydrogen-bond acceptors (Lipinski definition) is 3. The van der Waals surface area contributed by atoms with Crippen LogP contribution < -0.4 is 10.6 Å². The summed E-state index contributed by atoms with van der Waals surface area (Å²) in [6, 6.07) is 7.92. The van der Waals surface area contributed by atoms with E-state index in [-0.39, 0.29) is 5.91 Å². The second-order valence-corrected chi connectivity index (χ2v) is 4.72. The molecule has 19 heavy (non-hydrogen) atoms. The summed E-state index contributed by atoms with van der Waals surface area (Å²) in [7, 11) is 0. The van der Waals surface area contributed by atoms with E-state index in [9.17, 15) is 4.79 Å². The maximum Gasteiger partial charge on any atom is 0.254 e. The lowest BCUT2D eigenvalue weighted by Crippen LogP contribution is -2.45. The Morgan fingerprint density at radius 1 is 1.42 bits per heavy atom. The van der Waals surface area contributed by atoms with Gasteiger partial charge in [0.2, 0.25) is 0 Å². The van der Waals surface area contributed by atoms with Crippen molar-refractivity contribution in [2.75, 3.05) is 25.0 Å². The van der Waals surface area contributed by atoms with Gasteiger partial charge >= 0.3 is 0 Å². The lowest BCUT2D eigenvalue weighted by Gasteiger charge is -2.22. The molecule has 5 heteroatoms. The lowest BCUT2D eigenvalue weighted by molar-refractivity contribution is -0.128. The second kappa shape index (κ2) is 5.03. The molecule has 0 bridgehead atoms. The highest BCUT2D eigenvalue weighted by Crippen LogP contribution is 2.27. The van der Waals surface area contributed by atoms with Crippen molar-refractivity contribution in [1.82, 2.24) is 10.3 Å². The molecule has 1 saturated heterocycles. The number of aromatic amines is 1. The quantitative estimate of drug-likeness (QED) is 0.764. The van der Waals surface area contributed by atoms with Gasteiger partial charge in [-0.25, -0.2) is 0 Å². The van der Waals surface area contributed by atoms with Crippen LogP contribution in [-0.2, 0) is 9.53 Å². The van der Waals surface area contributed by atoms with Crippen molar-refractivity contribution in [3.63, 3.8) is 0 Å². The topological polar surface area (TPSA) is 66.2 Å². The maximum absolute atomic E-state index is 12.2. The van der Waals surface area contributed by atoms with E-state index in [2.05, 4.69) is 15.6 Å². The predicted molar refractivity (Wildman–Crippen MR) is 74.3 cm³/mol. The molecule has 1 aliphatic heterocycles. The van der Waals surface area contributed by atoms with Crippen LogP contribution in [0.3, 0.4) is 0 Å². The Morgan fingerprint density at radius 3 is 3.05 bits per heavy atom. The first kappa shape index (κ1) is 12.2. The molecule has 1 atom stereocenters. The number of morpholine rings is 1. The van der Waals surface area contributed by atoms with Crippen molar-refractivity contribution in [3.8, 4) is 0 Å². The van der Waals surface area contributed by atoms with E-state index in [0.717, 1.165) is 28.8 Å². The SMILES string of the molecule is Cc1[nH]c2ccccc2c1NC(=O)C1CNCCO1. The first-order valence-electron chi connectivity index (χ1n) is 6.46. The number of fused-ring (bicyclic) bond motifs is 1. The van der Waals surface area contributed by atoms with Crippen LogP contribution in [-0.4, -0.2) is 36.7 Å². The van der Waals surface area contributed by atoms with E-state index < -0.39 is 6.10 Å². The van der Waals surface area contributed by atoms with E-state index in [1.54, 1.807) is 0 Å². The van der Waals surface area contributed by atoms with Gasteiger partial charge in [0, 0.05) is 29.7 Å². The van der Waals surface area contributed by atoms with Gasteiger partial charge in [0.05, 0.1) is 12.3 Å². The number of aryl methyl sites for hydroxylation is 1. The average Bonchev–Trinajstić information content (AvgIpc) is 2.76. The van der Waals surface area contributed by atoms with Crippen molar-refractivity contribution in [1.29, 1.82) is 0 Å².